The van der Waals surface area contributed by atoms with E-state index in [0.717, 1.165) is 51.6 Å². The molecule has 1 aliphatic carbocycles. The van der Waals surface area contributed by atoms with Crippen molar-refractivity contribution in [2.45, 2.75) is 62.9 Å². The van der Waals surface area contributed by atoms with Gasteiger partial charge in [-0.3, -0.25) is 9.78 Å². The maximum absolute atomic E-state index is 12.3. The lowest BCUT2D eigenvalue weighted by Crippen LogP contribution is -2.39. The predicted octanol–water partition coefficient (Wildman–Crippen LogP) is 4.69. The smallest absolute Gasteiger partial charge is 0.258 e. The fourth-order valence-corrected chi connectivity index (χ4v) is 4.82. The second-order valence-corrected chi connectivity index (χ2v) is 8.84. The molecule has 4 rings (SSSR count). The Morgan fingerprint density at radius 2 is 2.03 bits per heavy atom. The van der Waals surface area contributed by atoms with Gasteiger partial charge in [-0.15, -0.1) is 0 Å². The third kappa shape index (κ3) is 4.95. The number of nitrogens with zero attached hydrogens (tertiary/aromatic N) is 2. The minimum atomic E-state index is -0.0456. The van der Waals surface area contributed by atoms with E-state index in [1.165, 1.54) is 19.3 Å². The van der Waals surface area contributed by atoms with Crippen LogP contribution in [0.5, 0.6) is 5.75 Å². The normalized spacial score (nSPS) is 14.7. The number of imidazole rings is 1. The first-order valence-corrected chi connectivity index (χ1v) is 11.5. The topological polar surface area (TPSA) is 79.9 Å². The van der Waals surface area contributed by atoms with Crippen LogP contribution in [-0.4, -0.2) is 33.5 Å². The van der Waals surface area contributed by atoms with Gasteiger partial charge in [0.25, 0.3) is 5.91 Å². The number of hydrogen-bond acceptors (Lipinski definition) is 5. The summed E-state index contributed by atoms with van der Waals surface area (Å²) in [5.74, 6) is 1.39. The Bertz CT molecular complexity index is 994. The number of aromatic nitrogens is 3. The van der Waals surface area contributed by atoms with Crippen LogP contribution >= 0.6 is 11.8 Å². The largest absolute Gasteiger partial charge is 0.483 e. The molecule has 1 aliphatic rings. The van der Waals surface area contributed by atoms with Gasteiger partial charge in [-0.1, -0.05) is 43.2 Å². The molecule has 1 aromatic carbocycles. The lowest BCUT2D eigenvalue weighted by Gasteiger charge is -2.23. The summed E-state index contributed by atoms with van der Waals surface area (Å²) in [5, 5.41) is 3.97. The van der Waals surface area contributed by atoms with Crippen molar-refractivity contribution in [1.29, 1.82) is 0 Å². The van der Waals surface area contributed by atoms with Crippen LogP contribution in [0.3, 0.4) is 0 Å². The molecule has 30 heavy (non-hydrogen) atoms. The van der Waals surface area contributed by atoms with Crippen molar-refractivity contribution in [2.75, 3.05) is 6.61 Å². The van der Waals surface area contributed by atoms with Gasteiger partial charge >= 0.3 is 0 Å². The van der Waals surface area contributed by atoms with E-state index in [1.54, 1.807) is 11.8 Å². The SMILES string of the molecule is Cc1cnc(CSc2nc3ccccc3[nH]2)c(C)c1OCC(=O)NC1CCCCC1. The Hall–Kier alpha value is -2.54. The number of benzene rings is 1. The van der Waals surface area contributed by atoms with Crippen LogP contribution in [0.15, 0.2) is 35.6 Å². The summed E-state index contributed by atoms with van der Waals surface area (Å²) in [7, 11) is 0. The van der Waals surface area contributed by atoms with E-state index in [2.05, 4.69) is 20.3 Å². The number of nitrogens with one attached hydrogen (secondary N) is 2. The standard InChI is InChI=1S/C23H28N4O2S/c1-15-12-24-20(14-30-23-26-18-10-6-7-11-19(18)27-23)16(2)22(15)29-13-21(28)25-17-8-4-3-5-9-17/h6-7,10-12,17H,3-5,8-9,13-14H2,1-2H3,(H,25,28)(H,26,27). The maximum Gasteiger partial charge on any atom is 0.258 e. The number of pyridine rings is 1. The van der Waals surface area contributed by atoms with Crippen molar-refractivity contribution < 1.29 is 9.53 Å². The third-order valence-corrected chi connectivity index (χ3v) is 6.46. The number of fused-ring (bicyclic) bond motifs is 1. The summed E-state index contributed by atoms with van der Waals surface area (Å²) >= 11 is 1.61. The summed E-state index contributed by atoms with van der Waals surface area (Å²) in [5.41, 5.74) is 4.84. The molecule has 0 bridgehead atoms. The van der Waals surface area contributed by atoms with Crippen LogP contribution in [0.4, 0.5) is 0 Å². The first-order valence-electron chi connectivity index (χ1n) is 10.5. The van der Waals surface area contributed by atoms with Crippen molar-refractivity contribution >= 4 is 28.7 Å². The van der Waals surface area contributed by atoms with Gasteiger partial charge in [0.1, 0.15) is 5.75 Å². The Labute approximate surface area is 181 Å². The van der Waals surface area contributed by atoms with Gasteiger partial charge in [-0.05, 0) is 38.8 Å². The molecule has 1 fully saturated rings. The van der Waals surface area contributed by atoms with Gasteiger partial charge in [-0.25, -0.2) is 4.98 Å². The van der Waals surface area contributed by atoms with E-state index in [-0.39, 0.29) is 12.5 Å². The van der Waals surface area contributed by atoms with Gasteiger partial charge < -0.3 is 15.0 Å². The molecule has 2 heterocycles. The molecule has 0 spiro atoms. The van der Waals surface area contributed by atoms with Gasteiger partial charge in [0.05, 0.1) is 16.7 Å². The monoisotopic (exact) mass is 424 g/mol. The second kappa shape index (κ2) is 9.51. The lowest BCUT2D eigenvalue weighted by atomic mass is 9.95. The quantitative estimate of drug-likeness (QED) is 0.538. The van der Waals surface area contributed by atoms with Crippen molar-refractivity contribution in [1.82, 2.24) is 20.3 Å². The number of carbonyl (C=O) groups excluding carboxylic acids is 1. The predicted molar refractivity (Wildman–Crippen MR) is 120 cm³/mol. The van der Waals surface area contributed by atoms with E-state index in [9.17, 15) is 4.79 Å². The molecule has 0 atom stereocenters. The van der Waals surface area contributed by atoms with E-state index < -0.39 is 0 Å². The fraction of sp³-hybridized carbons (Fsp3) is 0.435. The maximum atomic E-state index is 12.3. The molecular weight excluding hydrogens is 396 g/mol. The second-order valence-electron chi connectivity index (χ2n) is 7.88. The number of hydrogen-bond donors (Lipinski definition) is 2. The molecule has 2 N–H and O–H groups in total. The molecular formula is C23H28N4O2S. The molecule has 0 saturated heterocycles. The average molecular weight is 425 g/mol. The van der Waals surface area contributed by atoms with Crippen molar-refractivity contribution in [3.8, 4) is 5.75 Å². The first kappa shape index (κ1) is 20.7. The molecule has 6 nitrogen and oxygen atoms in total. The highest BCUT2D eigenvalue weighted by Gasteiger charge is 2.17. The van der Waals surface area contributed by atoms with Gasteiger partial charge in [0, 0.05) is 29.1 Å². The van der Waals surface area contributed by atoms with Crippen LogP contribution in [-0.2, 0) is 10.5 Å². The molecule has 7 heteroatoms. The van der Waals surface area contributed by atoms with Crippen LogP contribution < -0.4 is 10.1 Å². The summed E-state index contributed by atoms with van der Waals surface area (Å²) in [6.07, 6.45) is 7.62. The number of ether oxygens (including phenoxy) is 1. The van der Waals surface area contributed by atoms with E-state index in [1.807, 2.05) is 44.3 Å². The number of carbonyl (C=O) groups is 1. The summed E-state index contributed by atoms with van der Waals surface area (Å²) in [6.45, 7) is 4.01. The molecule has 158 valence electrons. The van der Waals surface area contributed by atoms with Gasteiger partial charge in [0.15, 0.2) is 11.8 Å². The lowest BCUT2D eigenvalue weighted by molar-refractivity contribution is -0.124. The molecule has 0 radical (unpaired) electrons. The molecule has 0 aliphatic heterocycles. The highest BCUT2D eigenvalue weighted by molar-refractivity contribution is 7.98. The number of amides is 1. The minimum Gasteiger partial charge on any atom is -0.483 e. The Balaban J connectivity index is 1.37. The summed E-state index contributed by atoms with van der Waals surface area (Å²) in [4.78, 5) is 24.8. The number of H-pyrrole nitrogens is 1. The minimum absolute atomic E-state index is 0.0400. The molecule has 3 aromatic rings. The van der Waals surface area contributed by atoms with Gasteiger partial charge in [-0.2, -0.15) is 0 Å². The van der Waals surface area contributed by atoms with Crippen LogP contribution in [0.25, 0.3) is 11.0 Å². The third-order valence-electron chi connectivity index (χ3n) is 5.58. The number of aryl methyl sites for hydroxylation is 1. The van der Waals surface area contributed by atoms with Gasteiger partial charge in [0.2, 0.25) is 0 Å². The highest BCUT2D eigenvalue weighted by Crippen LogP contribution is 2.29. The molecule has 2 aromatic heterocycles. The van der Waals surface area contributed by atoms with E-state index in [0.29, 0.717) is 11.8 Å². The zero-order chi connectivity index (χ0) is 20.9. The van der Waals surface area contributed by atoms with Crippen molar-refractivity contribution in [3.63, 3.8) is 0 Å². The van der Waals surface area contributed by atoms with Crippen molar-refractivity contribution in [3.05, 3.63) is 47.3 Å². The van der Waals surface area contributed by atoms with Crippen LogP contribution in [0, 0.1) is 13.8 Å². The van der Waals surface area contributed by atoms with Crippen molar-refractivity contribution in [2.24, 2.45) is 0 Å². The van der Waals surface area contributed by atoms with E-state index >= 15 is 0 Å². The Kier molecular flexibility index (Phi) is 6.57. The molecule has 1 amide bonds. The highest BCUT2D eigenvalue weighted by atomic mass is 32.2. The average Bonchev–Trinajstić information content (AvgIpc) is 3.17. The summed E-state index contributed by atoms with van der Waals surface area (Å²) in [6, 6.07) is 8.29. The van der Waals surface area contributed by atoms with E-state index in [4.69, 9.17) is 4.74 Å². The fourth-order valence-electron chi connectivity index (χ4n) is 3.91. The molecule has 1 saturated carbocycles. The number of aromatic amines is 1. The molecule has 0 unspecified atom stereocenters. The van der Waals surface area contributed by atoms with Crippen LogP contribution in [0.2, 0.25) is 0 Å². The Morgan fingerprint density at radius 3 is 2.83 bits per heavy atom. The number of para-hydroxylation sites is 2. The Morgan fingerprint density at radius 1 is 1.23 bits per heavy atom. The summed E-state index contributed by atoms with van der Waals surface area (Å²) < 4.78 is 5.93. The zero-order valence-electron chi connectivity index (χ0n) is 17.5. The number of thioether (sulfide) groups is 1. The number of rotatable bonds is 7. The zero-order valence-corrected chi connectivity index (χ0v) is 18.3. The first-order chi connectivity index (χ1) is 14.6. The van der Waals surface area contributed by atoms with Crippen LogP contribution in [0.1, 0.15) is 48.9 Å².